The molecular weight excluding hydrogens is 406 g/mol. The first-order valence-corrected chi connectivity index (χ1v) is 11.2. The molecule has 0 spiro atoms. The second-order valence-corrected chi connectivity index (χ2v) is 8.40. The average Bonchev–Trinajstić information content (AvgIpc) is 3.21. The Labute approximate surface area is 188 Å². The van der Waals surface area contributed by atoms with E-state index in [1.165, 1.54) is 16.6 Å². The van der Waals surface area contributed by atoms with Crippen LogP contribution < -0.4 is 9.64 Å². The molecule has 3 aromatic carbocycles. The molecule has 158 valence electrons. The van der Waals surface area contributed by atoms with Crippen molar-refractivity contribution in [3.63, 3.8) is 0 Å². The zero-order valence-corrected chi connectivity index (χ0v) is 18.2. The van der Waals surface area contributed by atoms with Gasteiger partial charge in [0.15, 0.2) is 5.75 Å². The van der Waals surface area contributed by atoms with Gasteiger partial charge in [-0.25, -0.2) is 0 Å². The Morgan fingerprint density at radius 3 is 2.48 bits per heavy atom. The normalized spacial score (nSPS) is 14.8. The van der Waals surface area contributed by atoms with Crippen molar-refractivity contribution in [2.45, 2.75) is 6.42 Å². The fourth-order valence-electron chi connectivity index (χ4n) is 4.28. The number of benzene rings is 3. The molecular formula is C26H26ClN3O. The third-order valence-corrected chi connectivity index (χ3v) is 6.21. The van der Waals surface area contributed by atoms with E-state index in [1.807, 2.05) is 48.5 Å². The number of nitrogens with zero attached hydrogens (tertiary/aromatic N) is 2. The first kappa shape index (κ1) is 20.0. The lowest BCUT2D eigenvalue weighted by Crippen LogP contribution is -2.47. The summed E-state index contributed by atoms with van der Waals surface area (Å²) >= 11 is 6.11. The van der Waals surface area contributed by atoms with E-state index in [-0.39, 0.29) is 0 Å². The highest BCUT2D eigenvalue weighted by Gasteiger charge is 2.20. The minimum absolute atomic E-state index is 0.772. The van der Waals surface area contributed by atoms with E-state index >= 15 is 0 Å². The minimum atomic E-state index is 0.772. The number of anilines is 1. The smallest absolute Gasteiger partial charge is 0.150 e. The molecule has 0 saturated carbocycles. The molecule has 0 aliphatic carbocycles. The number of halogens is 1. The third kappa shape index (κ3) is 4.55. The molecule has 4 nitrogen and oxygen atoms in total. The van der Waals surface area contributed by atoms with Gasteiger partial charge in [-0.05, 0) is 48.4 Å². The van der Waals surface area contributed by atoms with Crippen molar-refractivity contribution in [2.24, 2.45) is 0 Å². The second-order valence-electron chi connectivity index (χ2n) is 7.97. The number of hydrogen-bond acceptors (Lipinski definition) is 3. The largest absolute Gasteiger partial charge is 0.455 e. The van der Waals surface area contributed by atoms with Gasteiger partial charge in [-0.2, -0.15) is 0 Å². The van der Waals surface area contributed by atoms with Gasteiger partial charge in [-0.3, -0.25) is 4.90 Å². The van der Waals surface area contributed by atoms with Crippen molar-refractivity contribution in [3.8, 4) is 11.5 Å². The summed E-state index contributed by atoms with van der Waals surface area (Å²) in [7, 11) is 0. The maximum atomic E-state index is 6.17. The summed E-state index contributed by atoms with van der Waals surface area (Å²) in [5, 5.41) is 2.04. The van der Waals surface area contributed by atoms with Crippen LogP contribution in [0.15, 0.2) is 79.0 Å². The fraction of sp³-hybridized carbons (Fsp3) is 0.231. The van der Waals surface area contributed by atoms with E-state index < -0.39 is 0 Å². The maximum Gasteiger partial charge on any atom is 0.150 e. The lowest BCUT2D eigenvalue weighted by atomic mass is 10.1. The number of aromatic nitrogens is 1. The summed E-state index contributed by atoms with van der Waals surface area (Å²) in [6, 6.07) is 24.4. The molecule has 1 aliphatic heterocycles. The number of H-pyrrole nitrogens is 1. The van der Waals surface area contributed by atoms with E-state index in [1.54, 1.807) is 0 Å². The van der Waals surface area contributed by atoms with E-state index in [2.05, 4.69) is 45.2 Å². The van der Waals surface area contributed by atoms with Gasteiger partial charge in [-0.1, -0.05) is 48.0 Å². The molecule has 31 heavy (non-hydrogen) atoms. The summed E-state index contributed by atoms with van der Waals surface area (Å²) < 4.78 is 6.17. The van der Waals surface area contributed by atoms with E-state index in [0.717, 1.165) is 61.2 Å². The van der Waals surface area contributed by atoms with Crippen molar-refractivity contribution in [3.05, 3.63) is 89.6 Å². The Hall–Kier alpha value is -2.95. The first-order valence-electron chi connectivity index (χ1n) is 10.8. The molecule has 1 aromatic heterocycles. The predicted molar refractivity (Wildman–Crippen MR) is 129 cm³/mol. The number of rotatable bonds is 6. The van der Waals surface area contributed by atoms with Crippen LogP contribution in [0, 0.1) is 0 Å². The van der Waals surface area contributed by atoms with Crippen molar-refractivity contribution in [1.82, 2.24) is 9.88 Å². The van der Waals surface area contributed by atoms with Gasteiger partial charge in [0.05, 0.1) is 5.69 Å². The van der Waals surface area contributed by atoms with Gasteiger partial charge >= 0.3 is 0 Å². The number of para-hydroxylation sites is 3. The summed E-state index contributed by atoms with van der Waals surface area (Å²) in [6.07, 6.45) is 3.16. The predicted octanol–water partition coefficient (Wildman–Crippen LogP) is 5.98. The number of hydrogen-bond donors (Lipinski definition) is 1. The molecule has 2 heterocycles. The Morgan fingerprint density at radius 1 is 0.871 bits per heavy atom. The molecule has 4 aromatic rings. The topological polar surface area (TPSA) is 31.5 Å². The van der Waals surface area contributed by atoms with Gasteiger partial charge in [-0.15, -0.1) is 0 Å². The van der Waals surface area contributed by atoms with E-state index in [9.17, 15) is 0 Å². The van der Waals surface area contributed by atoms with E-state index in [4.69, 9.17) is 16.3 Å². The summed E-state index contributed by atoms with van der Waals surface area (Å²) in [6.45, 7) is 5.16. The molecule has 1 saturated heterocycles. The van der Waals surface area contributed by atoms with Crippen LogP contribution in [0.2, 0.25) is 5.02 Å². The van der Waals surface area contributed by atoms with Gasteiger partial charge in [0.1, 0.15) is 5.75 Å². The molecule has 1 fully saturated rings. The standard InChI is InChI=1S/C26H26ClN3O/c27-21-10-11-23-20(19-28-24(23)18-21)12-13-29-14-16-30(17-15-29)25-8-4-5-9-26(25)31-22-6-2-1-3-7-22/h1-11,18-19,28H,12-17H2. The number of nitrogens with one attached hydrogen (secondary N) is 1. The molecule has 1 aliphatic rings. The Balaban J connectivity index is 1.20. The maximum absolute atomic E-state index is 6.17. The van der Waals surface area contributed by atoms with Crippen LogP contribution >= 0.6 is 11.6 Å². The van der Waals surface area contributed by atoms with Crippen molar-refractivity contribution < 1.29 is 4.74 Å². The highest BCUT2D eigenvalue weighted by Crippen LogP contribution is 2.32. The Bertz CT molecular complexity index is 1150. The van der Waals surface area contributed by atoms with Crippen LogP contribution in [0.1, 0.15) is 5.56 Å². The van der Waals surface area contributed by atoms with Crippen molar-refractivity contribution in [1.29, 1.82) is 0 Å². The Morgan fingerprint density at radius 2 is 1.65 bits per heavy atom. The van der Waals surface area contributed by atoms with Crippen molar-refractivity contribution >= 4 is 28.2 Å². The highest BCUT2D eigenvalue weighted by atomic mass is 35.5. The van der Waals surface area contributed by atoms with Crippen LogP contribution in [0.3, 0.4) is 0 Å². The molecule has 1 N–H and O–H groups in total. The number of fused-ring (bicyclic) bond motifs is 1. The monoisotopic (exact) mass is 431 g/mol. The summed E-state index contributed by atoms with van der Waals surface area (Å²) in [5.41, 5.74) is 3.64. The Kier molecular flexibility index (Phi) is 5.83. The zero-order chi connectivity index (χ0) is 21.0. The molecule has 5 heteroatoms. The van der Waals surface area contributed by atoms with Gasteiger partial charge in [0.25, 0.3) is 0 Å². The van der Waals surface area contributed by atoms with Gasteiger partial charge < -0.3 is 14.6 Å². The van der Waals surface area contributed by atoms with Crippen LogP contribution in [0.5, 0.6) is 11.5 Å². The summed E-state index contributed by atoms with van der Waals surface area (Å²) in [5.74, 6) is 1.79. The van der Waals surface area contributed by atoms with Crippen LogP contribution in [-0.4, -0.2) is 42.6 Å². The SMILES string of the molecule is Clc1ccc2c(CCN3CCN(c4ccccc4Oc4ccccc4)CC3)c[nH]c2c1. The van der Waals surface area contributed by atoms with Crippen LogP contribution in [0.25, 0.3) is 10.9 Å². The zero-order valence-electron chi connectivity index (χ0n) is 17.4. The van der Waals surface area contributed by atoms with E-state index in [0.29, 0.717) is 0 Å². The quantitative estimate of drug-likeness (QED) is 0.407. The molecule has 0 unspecified atom stereocenters. The molecule has 0 radical (unpaired) electrons. The minimum Gasteiger partial charge on any atom is -0.455 e. The fourth-order valence-corrected chi connectivity index (χ4v) is 4.45. The molecule has 0 atom stereocenters. The number of piperazine rings is 1. The van der Waals surface area contributed by atoms with Crippen LogP contribution in [-0.2, 0) is 6.42 Å². The molecule has 5 rings (SSSR count). The molecule has 0 amide bonds. The van der Waals surface area contributed by atoms with Gasteiger partial charge in [0, 0.05) is 54.8 Å². The lowest BCUT2D eigenvalue weighted by Gasteiger charge is -2.36. The molecule has 0 bridgehead atoms. The van der Waals surface area contributed by atoms with Gasteiger partial charge in [0.2, 0.25) is 0 Å². The number of aromatic amines is 1. The average molecular weight is 432 g/mol. The van der Waals surface area contributed by atoms with Crippen molar-refractivity contribution in [2.75, 3.05) is 37.6 Å². The van der Waals surface area contributed by atoms with Crippen LogP contribution in [0.4, 0.5) is 5.69 Å². The number of ether oxygens (including phenoxy) is 1. The first-order chi connectivity index (χ1) is 15.3. The second kappa shape index (κ2) is 9.04. The third-order valence-electron chi connectivity index (χ3n) is 5.98. The summed E-state index contributed by atoms with van der Waals surface area (Å²) in [4.78, 5) is 8.33. The highest BCUT2D eigenvalue weighted by molar-refractivity contribution is 6.31. The lowest BCUT2D eigenvalue weighted by molar-refractivity contribution is 0.260.